The van der Waals surface area contributed by atoms with E-state index in [-0.39, 0.29) is 29.7 Å². The summed E-state index contributed by atoms with van der Waals surface area (Å²) in [7, 11) is -4.19. The molecule has 7 nitrogen and oxygen atoms in total. The summed E-state index contributed by atoms with van der Waals surface area (Å²) in [6, 6.07) is 26.6. The molecule has 0 saturated carbocycles. The monoisotopic (exact) mass is 743 g/mol. The molecule has 4 rings (SSSR count). The van der Waals surface area contributed by atoms with Crippen molar-refractivity contribution in [2.45, 2.75) is 44.7 Å². The Balaban J connectivity index is 1.81. The molecule has 0 spiro atoms. The Hall–Kier alpha value is -3.37. The van der Waals surface area contributed by atoms with E-state index in [9.17, 15) is 18.0 Å². The van der Waals surface area contributed by atoms with Crippen molar-refractivity contribution < 1.29 is 18.0 Å². The number of carbonyl (C=O) groups excluding carboxylic acids is 2. The van der Waals surface area contributed by atoms with Crippen molar-refractivity contribution in [2.24, 2.45) is 5.92 Å². The summed E-state index contributed by atoms with van der Waals surface area (Å²) in [6.45, 7) is 5.67. The Labute approximate surface area is 289 Å². The molecule has 11 heteroatoms. The molecule has 0 fully saturated rings. The second-order valence-electron chi connectivity index (χ2n) is 11.4. The zero-order chi connectivity index (χ0) is 33.4. The number of rotatable bonds is 13. The van der Waals surface area contributed by atoms with Gasteiger partial charge in [0, 0.05) is 24.0 Å². The van der Waals surface area contributed by atoms with Gasteiger partial charge in [0.2, 0.25) is 11.8 Å². The van der Waals surface area contributed by atoms with Gasteiger partial charge >= 0.3 is 0 Å². The van der Waals surface area contributed by atoms with Crippen molar-refractivity contribution in [1.29, 1.82) is 0 Å². The van der Waals surface area contributed by atoms with Crippen LogP contribution in [0.15, 0.2) is 106 Å². The van der Waals surface area contributed by atoms with Gasteiger partial charge in [-0.2, -0.15) is 0 Å². The molecule has 1 unspecified atom stereocenters. The summed E-state index contributed by atoms with van der Waals surface area (Å²) in [6.07, 6.45) is 0.209. The molecule has 0 bridgehead atoms. The maximum Gasteiger partial charge on any atom is 0.264 e. The lowest BCUT2D eigenvalue weighted by atomic mass is 10.0. The third-order valence-electron chi connectivity index (χ3n) is 7.30. The van der Waals surface area contributed by atoms with Crippen molar-refractivity contribution >= 4 is 66.7 Å². The molecule has 4 aromatic rings. The molecule has 46 heavy (non-hydrogen) atoms. The maximum absolute atomic E-state index is 14.5. The van der Waals surface area contributed by atoms with Crippen LogP contribution in [0.3, 0.4) is 0 Å². The molecule has 0 aliphatic rings. The number of benzene rings is 4. The number of anilines is 1. The molecule has 0 aromatic heterocycles. The topological polar surface area (TPSA) is 86.8 Å². The zero-order valence-corrected chi connectivity index (χ0v) is 29.7. The third-order valence-corrected chi connectivity index (χ3v) is 10.4. The van der Waals surface area contributed by atoms with Gasteiger partial charge in [0.25, 0.3) is 10.0 Å². The van der Waals surface area contributed by atoms with Gasteiger partial charge in [0.15, 0.2) is 0 Å². The molecule has 0 heterocycles. The van der Waals surface area contributed by atoms with Crippen LogP contribution in [0.5, 0.6) is 0 Å². The lowest BCUT2D eigenvalue weighted by molar-refractivity contribution is -0.140. The van der Waals surface area contributed by atoms with Gasteiger partial charge in [-0.3, -0.25) is 13.9 Å². The Morgan fingerprint density at radius 2 is 1.50 bits per heavy atom. The van der Waals surface area contributed by atoms with Crippen LogP contribution in [-0.4, -0.2) is 44.3 Å². The standard InChI is InChI=1S/C35H36BrCl2N3O4S/c1-24(2)21-39-35(43)33(20-26-7-5-4-6-8-26)40(22-27-11-18-31(37)32(38)19-27)34(42)23-41(29-14-12-28(36)13-15-29)46(44,45)30-16-9-25(3)10-17-30/h4-19,24,33H,20-23H2,1-3H3,(H,39,43). The number of carbonyl (C=O) groups is 2. The minimum atomic E-state index is -4.19. The minimum absolute atomic E-state index is 0.0128. The highest BCUT2D eigenvalue weighted by molar-refractivity contribution is 9.10. The van der Waals surface area contributed by atoms with E-state index >= 15 is 0 Å². The number of amides is 2. The molecule has 1 N–H and O–H groups in total. The Morgan fingerprint density at radius 1 is 0.848 bits per heavy atom. The summed E-state index contributed by atoms with van der Waals surface area (Å²) in [5, 5.41) is 3.63. The highest BCUT2D eigenvalue weighted by Crippen LogP contribution is 2.28. The van der Waals surface area contributed by atoms with Gasteiger partial charge in [-0.15, -0.1) is 0 Å². The van der Waals surface area contributed by atoms with Crippen molar-refractivity contribution in [3.8, 4) is 0 Å². The molecule has 0 saturated heterocycles. The highest BCUT2D eigenvalue weighted by Gasteiger charge is 2.34. The number of aryl methyl sites for hydroxylation is 1. The predicted molar refractivity (Wildman–Crippen MR) is 189 cm³/mol. The SMILES string of the molecule is Cc1ccc(S(=O)(=O)N(CC(=O)N(Cc2ccc(Cl)c(Cl)c2)C(Cc2ccccc2)C(=O)NCC(C)C)c2ccc(Br)cc2)cc1. The van der Waals surface area contributed by atoms with Crippen LogP contribution in [0.4, 0.5) is 5.69 Å². The first kappa shape index (κ1) is 35.5. The zero-order valence-electron chi connectivity index (χ0n) is 25.8. The van der Waals surface area contributed by atoms with Gasteiger partial charge < -0.3 is 10.2 Å². The van der Waals surface area contributed by atoms with Crippen LogP contribution in [0.2, 0.25) is 10.0 Å². The molecule has 0 aliphatic heterocycles. The first-order valence-electron chi connectivity index (χ1n) is 14.7. The number of sulfonamides is 1. The quantitative estimate of drug-likeness (QED) is 0.152. The Kier molecular flexibility index (Phi) is 12.3. The van der Waals surface area contributed by atoms with E-state index in [0.29, 0.717) is 27.8 Å². The van der Waals surface area contributed by atoms with Crippen LogP contribution in [-0.2, 0) is 32.6 Å². The second-order valence-corrected chi connectivity index (χ2v) is 15.0. The highest BCUT2D eigenvalue weighted by atomic mass is 79.9. The summed E-state index contributed by atoms with van der Waals surface area (Å²) in [5.74, 6) is -0.735. The number of hydrogen-bond donors (Lipinski definition) is 1. The Morgan fingerprint density at radius 3 is 2.11 bits per heavy atom. The molecule has 242 valence electrons. The summed E-state index contributed by atoms with van der Waals surface area (Å²) in [4.78, 5) is 29.9. The van der Waals surface area contributed by atoms with Crippen LogP contribution in [0.1, 0.15) is 30.5 Å². The smallest absolute Gasteiger partial charge is 0.264 e. The van der Waals surface area contributed by atoms with Gasteiger partial charge in [0.05, 0.1) is 20.6 Å². The third kappa shape index (κ3) is 9.35. The molecular formula is C35H36BrCl2N3O4S. The normalized spacial score (nSPS) is 12.1. The average molecular weight is 746 g/mol. The predicted octanol–water partition coefficient (Wildman–Crippen LogP) is 7.67. The van der Waals surface area contributed by atoms with E-state index < -0.39 is 28.5 Å². The molecule has 0 radical (unpaired) electrons. The van der Waals surface area contributed by atoms with E-state index in [0.717, 1.165) is 19.9 Å². The van der Waals surface area contributed by atoms with E-state index in [1.54, 1.807) is 54.6 Å². The number of hydrogen-bond acceptors (Lipinski definition) is 4. The lowest BCUT2D eigenvalue weighted by Gasteiger charge is -2.34. The van der Waals surface area contributed by atoms with Crippen LogP contribution < -0.4 is 9.62 Å². The minimum Gasteiger partial charge on any atom is -0.354 e. The van der Waals surface area contributed by atoms with E-state index in [1.165, 1.54) is 17.0 Å². The largest absolute Gasteiger partial charge is 0.354 e. The summed E-state index contributed by atoms with van der Waals surface area (Å²) < 4.78 is 30.1. The number of halogens is 3. The lowest BCUT2D eigenvalue weighted by Crippen LogP contribution is -2.53. The van der Waals surface area contributed by atoms with Gasteiger partial charge in [-0.05, 0) is 72.5 Å². The molecule has 2 amide bonds. The van der Waals surface area contributed by atoms with E-state index in [4.69, 9.17) is 23.2 Å². The van der Waals surface area contributed by atoms with Crippen LogP contribution >= 0.6 is 39.1 Å². The fourth-order valence-electron chi connectivity index (χ4n) is 4.78. The summed E-state index contributed by atoms with van der Waals surface area (Å²) in [5.41, 5.74) is 2.68. The molecule has 1 atom stereocenters. The number of nitrogens with zero attached hydrogens (tertiary/aromatic N) is 2. The van der Waals surface area contributed by atoms with Crippen LogP contribution in [0.25, 0.3) is 0 Å². The fraction of sp³-hybridized carbons (Fsp3) is 0.257. The van der Waals surface area contributed by atoms with Gasteiger partial charge in [-0.25, -0.2) is 8.42 Å². The average Bonchev–Trinajstić information content (AvgIpc) is 3.03. The molecular weight excluding hydrogens is 709 g/mol. The fourth-order valence-corrected chi connectivity index (χ4v) is 6.78. The first-order valence-corrected chi connectivity index (χ1v) is 17.7. The van der Waals surface area contributed by atoms with Gasteiger partial charge in [-0.1, -0.05) is 107 Å². The van der Waals surface area contributed by atoms with Crippen molar-refractivity contribution in [3.63, 3.8) is 0 Å². The Bertz CT molecular complexity index is 1750. The summed E-state index contributed by atoms with van der Waals surface area (Å²) >= 11 is 15.9. The van der Waals surface area contributed by atoms with Crippen molar-refractivity contribution in [3.05, 3.63) is 128 Å². The van der Waals surface area contributed by atoms with Crippen LogP contribution in [0, 0.1) is 12.8 Å². The van der Waals surface area contributed by atoms with E-state index in [1.807, 2.05) is 51.1 Å². The number of nitrogens with one attached hydrogen (secondary N) is 1. The first-order chi connectivity index (χ1) is 21.8. The van der Waals surface area contributed by atoms with Crippen molar-refractivity contribution in [1.82, 2.24) is 10.2 Å². The maximum atomic E-state index is 14.5. The van der Waals surface area contributed by atoms with Gasteiger partial charge in [0.1, 0.15) is 12.6 Å². The van der Waals surface area contributed by atoms with E-state index in [2.05, 4.69) is 21.2 Å². The molecule has 0 aliphatic carbocycles. The van der Waals surface area contributed by atoms with Crippen molar-refractivity contribution in [2.75, 3.05) is 17.4 Å². The molecule has 4 aromatic carbocycles. The second kappa shape index (κ2) is 16.0.